The van der Waals surface area contributed by atoms with Crippen molar-refractivity contribution in [2.24, 2.45) is 4.99 Å². The average Bonchev–Trinajstić information content (AvgIpc) is 3.16. The molecule has 34 heavy (non-hydrogen) atoms. The van der Waals surface area contributed by atoms with E-state index in [2.05, 4.69) is 4.99 Å². The second-order valence-electron chi connectivity index (χ2n) is 7.26. The zero-order valence-electron chi connectivity index (χ0n) is 18.2. The van der Waals surface area contributed by atoms with Gasteiger partial charge in [-0.15, -0.1) is 5.06 Å². The van der Waals surface area contributed by atoms with Gasteiger partial charge in [-0.2, -0.15) is 4.99 Å². The molecular weight excluding hydrogens is 464 g/mol. The summed E-state index contributed by atoms with van der Waals surface area (Å²) in [5.41, 5.74) is 0.795. The minimum atomic E-state index is -0.586. The lowest BCUT2D eigenvalue weighted by Crippen LogP contribution is -2.38. The molecule has 11 heteroatoms. The molecule has 2 heterocycles. The Hall–Kier alpha value is -4.18. The van der Waals surface area contributed by atoms with Crippen LogP contribution in [-0.4, -0.2) is 34.2 Å². The van der Waals surface area contributed by atoms with E-state index >= 15 is 0 Å². The van der Waals surface area contributed by atoms with Crippen LogP contribution in [0.15, 0.2) is 58.8 Å². The average molecular weight is 483 g/mol. The van der Waals surface area contributed by atoms with Gasteiger partial charge in [0, 0.05) is 12.1 Å². The quantitative estimate of drug-likeness (QED) is 0.345. The van der Waals surface area contributed by atoms with Gasteiger partial charge < -0.3 is 14.3 Å². The van der Waals surface area contributed by atoms with Crippen LogP contribution in [0.25, 0.3) is 6.08 Å². The summed E-state index contributed by atoms with van der Waals surface area (Å²) >= 11 is 6.46. The molecule has 0 saturated carbocycles. The number of nitro groups is 1. The van der Waals surface area contributed by atoms with E-state index in [9.17, 15) is 14.9 Å². The predicted octanol–water partition coefficient (Wildman–Crippen LogP) is 4.68. The molecule has 10 nitrogen and oxygen atoms in total. The molecule has 2 aromatic carbocycles. The van der Waals surface area contributed by atoms with Gasteiger partial charge in [-0.3, -0.25) is 20.3 Å². The minimum Gasteiger partial charge on any atom is -0.490 e. The number of hydrogen-bond donors (Lipinski definition) is 1. The summed E-state index contributed by atoms with van der Waals surface area (Å²) in [5.74, 6) is 0.507. The maximum absolute atomic E-state index is 12.5. The Balaban J connectivity index is 1.64. The summed E-state index contributed by atoms with van der Waals surface area (Å²) < 4.78 is 11.5. The number of carbonyl (C=O) groups is 1. The van der Waals surface area contributed by atoms with Crippen molar-refractivity contribution in [3.63, 3.8) is 0 Å². The first-order chi connectivity index (χ1) is 16.3. The number of halogens is 1. The van der Waals surface area contributed by atoms with Gasteiger partial charge in [-0.1, -0.05) is 23.7 Å². The highest BCUT2D eigenvalue weighted by atomic mass is 35.5. The Morgan fingerprint density at radius 3 is 2.79 bits per heavy atom. The Morgan fingerprint density at radius 1 is 1.29 bits per heavy atom. The molecule has 2 aromatic rings. The van der Waals surface area contributed by atoms with Crippen molar-refractivity contribution in [3.8, 4) is 11.5 Å². The van der Waals surface area contributed by atoms with Crippen LogP contribution in [-0.2, 0) is 16.2 Å². The first-order valence-electron chi connectivity index (χ1n) is 10.2. The highest BCUT2D eigenvalue weighted by Crippen LogP contribution is 2.38. The number of aliphatic imine (C=N–C) groups is 1. The number of allylic oxidation sites excluding steroid dienone is 1. The van der Waals surface area contributed by atoms with Crippen molar-refractivity contribution in [1.82, 2.24) is 5.06 Å². The lowest BCUT2D eigenvalue weighted by atomic mass is 10.1. The third-order valence-corrected chi connectivity index (χ3v) is 5.16. The van der Waals surface area contributed by atoms with E-state index in [1.165, 1.54) is 12.1 Å². The number of nitro benzene ring substituents is 1. The van der Waals surface area contributed by atoms with Crippen LogP contribution >= 0.6 is 11.6 Å². The number of carbonyl (C=O) groups excluding carboxylic acids is 1. The molecule has 0 fully saturated rings. The molecule has 2 aliphatic heterocycles. The van der Waals surface area contributed by atoms with Crippen molar-refractivity contribution in [3.05, 3.63) is 80.1 Å². The molecular formula is C23H19ClN4O6. The molecule has 0 spiro atoms. The predicted molar refractivity (Wildman–Crippen MR) is 125 cm³/mol. The van der Waals surface area contributed by atoms with E-state index in [-0.39, 0.29) is 46.1 Å². The van der Waals surface area contributed by atoms with Crippen LogP contribution in [0, 0.1) is 15.5 Å². The number of nitrogens with one attached hydrogen (secondary N) is 1. The maximum atomic E-state index is 12.5. The monoisotopic (exact) mass is 482 g/mol. The number of hydrogen-bond acceptors (Lipinski definition) is 7. The van der Waals surface area contributed by atoms with Gasteiger partial charge in [0.25, 0.3) is 11.6 Å². The molecule has 4 rings (SSSR count). The van der Waals surface area contributed by atoms with Crippen LogP contribution < -0.4 is 9.47 Å². The highest BCUT2D eigenvalue weighted by Gasteiger charge is 2.34. The van der Waals surface area contributed by atoms with E-state index in [0.29, 0.717) is 23.5 Å². The van der Waals surface area contributed by atoms with Gasteiger partial charge in [-0.25, -0.2) is 0 Å². The molecule has 0 aromatic heterocycles. The summed E-state index contributed by atoms with van der Waals surface area (Å²) in [7, 11) is 0. The number of benzene rings is 2. The Labute approximate surface area is 199 Å². The number of amidine groups is 2. The zero-order valence-corrected chi connectivity index (χ0v) is 19.0. The molecule has 0 bridgehead atoms. The van der Waals surface area contributed by atoms with E-state index in [1.807, 2.05) is 0 Å². The van der Waals surface area contributed by atoms with Gasteiger partial charge in [0.1, 0.15) is 12.4 Å². The van der Waals surface area contributed by atoms with E-state index in [4.69, 9.17) is 31.3 Å². The second-order valence-corrected chi connectivity index (χ2v) is 7.67. The SMILES string of the molecule is CCOc1cc(/C=C2/C(=N)N3OC(C)=CC3=NC2=O)cc(Cl)c1OCc1ccccc1[N+](=O)[O-]. The van der Waals surface area contributed by atoms with Crippen LogP contribution in [0.3, 0.4) is 0 Å². The molecule has 0 radical (unpaired) electrons. The largest absolute Gasteiger partial charge is 0.490 e. The van der Waals surface area contributed by atoms with Crippen LogP contribution in [0.2, 0.25) is 5.02 Å². The van der Waals surface area contributed by atoms with Crippen LogP contribution in [0.5, 0.6) is 11.5 Å². The molecule has 1 N–H and O–H groups in total. The Kier molecular flexibility index (Phi) is 6.33. The van der Waals surface area contributed by atoms with Crippen molar-refractivity contribution < 1.29 is 24.0 Å². The summed E-state index contributed by atoms with van der Waals surface area (Å²) in [4.78, 5) is 32.7. The number of hydroxylamine groups is 2. The number of fused-ring (bicyclic) bond motifs is 1. The molecule has 2 aliphatic rings. The normalized spacial score (nSPS) is 16.1. The topological polar surface area (TPSA) is 127 Å². The van der Waals surface area contributed by atoms with Gasteiger partial charge >= 0.3 is 0 Å². The number of amides is 1. The molecule has 174 valence electrons. The van der Waals surface area contributed by atoms with E-state index in [1.54, 1.807) is 50.3 Å². The van der Waals surface area contributed by atoms with Crippen LogP contribution in [0.4, 0.5) is 5.69 Å². The van der Waals surface area contributed by atoms with Gasteiger partial charge in [0.15, 0.2) is 23.2 Å². The van der Waals surface area contributed by atoms with Crippen molar-refractivity contribution in [2.45, 2.75) is 20.5 Å². The fraction of sp³-hybridized carbons (Fsp3) is 0.174. The fourth-order valence-corrected chi connectivity index (χ4v) is 3.68. The lowest BCUT2D eigenvalue weighted by molar-refractivity contribution is -0.385. The minimum absolute atomic E-state index is 0.0129. The smallest absolute Gasteiger partial charge is 0.282 e. The maximum Gasteiger partial charge on any atom is 0.282 e. The third-order valence-electron chi connectivity index (χ3n) is 4.88. The van der Waals surface area contributed by atoms with Crippen molar-refractivity contribution in [1.29, 1.82) is 5.41 Å². The Bertz CT molecular complexity index is 1300. The first-order valence-corrected chi connectivity index (χ1v) is 10.6. The number of rotatable bonds is 7. The van der Waals surface area contributed by atoms with E-state index in [0.717, 1.165) is 5.06 Å². The highest BCUT2D eigenvalue weighted by molar-refractivity contribution is 6.33. The number of para-hydroxylation sites is 1. The molecule has 0 unspecified atom stereocenters. The third kappa shape index (κ3) is 4.48. The lowest BCUT2D eigenvalue weighted by Gasteiger charge is -2.23. The summed E-state index contributed by atoms with van der Waals surface area (Å²) in [6.07, 6.45) is 3.03. The second kappa shape index (κ2) is 9.36. The Morgan fingerprint density at radius 2 is 2.06 bits per heavy atom. The molecule has 0 aliphatic carbocycles. The number of ether oxygens (including phenoxy) is 2. The van der Waals surface area contributed by atoms with Crippen molar-refractivity contribution in [2.75, 3.05) is 6.61 Å². The van der Waals surface area contributed by atoms with Gasteiger partial charge in [-0.05, 0) is 43.7 Å². The molecule has 1 amide bonds. The summed E-state index contributed by atoms with van der Waals surface area (Å²) in [5, 5.41) is 20.9. The van der Waals surface area contributed by atoms with Crippen LogP contribution in [0.1, 0.15) is 25.0 Å². The van der Waals surface area contributed by atoms with Crippen molar-refractivity contribution >= 4 is 40.9 Å². The molecule has 0 atom stereocenters. The fourth-order valence-electron chi connectivity index (χ4n) is 3.40. The standard InChI is InChI=1S/C23H19ClN4O6/c1-3-32-19-11-14(9-16-22(25)27-20(26-23(16)29)8-13(2)34-27)10-17(24)21(19)33-12-15-6-4-5-7-18(15)28(30)31/h4-11,25H,3,12H2,1-2H3/b16-9-,25-22?. The van der Waals surface area contributed by atoms with E-state index < -0.39 is 10.8 Å². The zero-order chi connectivity index (χ0) is 24.4. The first kappa shape index (κ1) is 23.0. The summed E-state index contributed by atoms with van der Waals surface area (Å²) in [6.45, 7) is 3.67. The van der Waals surface area contributed by atoms with Gasteiger partial charge in [0.2, 0.25) is 0 Å². The number of nitrogens with zero attached hydrogens (tertiary/aromatic N) is 3. The van der Waals surface area contributed by atoms with Gasteiger partial charge in [0.05, 0.1) is 27.7 Å². The summed E-state index contributed by atoms with van der Waals surface area (Å²) in [6, 6.07) is 9.38. The molecule has 0 saturated heterocycles.